The van der Waals surface area contributed by atoms with E-state index in [1.807, 2.05) is 36.0 Å². The van der Waals surface area contributed by atoms with Crippen LogP contribution in [-0.4, -0.2) is 35.4 Å². The van der Waals surface area contributed by atoms with E-state index >= 15 is 0 Å². The molecule has 2 aromatic carbocycles. The second kappa shape index (κ2) is 9.14. The minimum Gasteiger partial charge on any atom is -0.326 e. The molecule has 0 atom stereocenters. The van der Waals surface area contributed by atoms with Crippen LogP contribution in [0.5, 0.6) is 0 Å². The molecule has 0 aliphatic carbocycles. The van der Waals surface area contributed by atoms with Crippen LogP contribution in [0.3, 0.4) is 0 Å². The number of amides is 1. The van der Waals surface area contributed by atoms with Crippen LogP contribution in [-0.2, 0) is 17.8 Å². The van der Waals surface area contributed by atoms with Crippen LogP contribution in [0.4, 0.5) is 14.5 Å². The first-order valence-electron chi connectivity index (χ1n) is 8.73. The van der Waals surface area contributed by atoms with Crippen LogP contribution < -0.4 is 5.32 Å². The lowest BCUT2D eigenvalue weighted by Crippen LogP contribution is -2.32. The average molecular weight is 376 g/mol. The highest BCUT2D eigenvalue weighted by molar-refractivity contribution is 7.99. The van der Waals surface area contributed by atoms with Gasteiger partial charge in [-0.05, 0) is 41.8 Å². The Bertz CT molecular complexity index is 763. The van der Waals surface area contributed by atoms with Gasteiger partial charge in [0.2, 0.25) is 5.91 Å². The number of aryl methyl sites for hydroxylation is 1. The molecule has 1 N–H and O–H groups in total. The van der Waals surface area contributed by atoms with Gasteiger partial charge in [-0.3, -0.25) is 9.69 Å². The molecule has 1 saturated heterocycles. The zero-order valence-corrected chi connectivity index (χ0v) is 15.3. The SMILES string of the molecule is O=C(CCc1cc(F)ccc1F)Nc1ccccc1CN1CCSCC1. The van der Waals surface area contributed by atoms with Gasteiger partial charge in [0.1, 0.15) is 11.6 Å². The van der Waals surface area contributed by atoms with Gasteiger partial charge in [-0.2, -0.15) is 11.8 Å². The molecule has 0 saturated carbocycles. The predicted octanol–water partition coefficient (Wildman–Crippen LogP) is 4.08. The molecule has 0 aromatic heterocycles. The summed E-state index contributed by atoms with van der Waals surface area (Å²) in [6, 6.07) is 11.1. The van der Waals surface area contributed by atoms with Gasteiger partial charge >= 0.3 is 0 Å². The van der Waals surface area contributed by atoms with E-state index < -0.39 is 11.6 Å². The first kappa shape index (κ1) is 18.9. The molecular weight excluding hydrogens is 354 g/mol. The van der Waals surface area contributed by atoms with Gasteiger partial charge in [0, 0.05) is 43.2 Å². The van der Waals surface area contributed by atoms with E-state index in [0.29, 0.717) is 0 Å². The molecule has 0 spiro atoms. The Kier molecular flexibility index (Phi) is 6.63. The minimum absolute atomic E-state index is 0.106. The molecule has 1 aliphatic rings. The quantitative estimate of drug-likeness (QED) is 0.824. The van der Waals surface area contributed by atoms with Gasteiger partial charge in [-0.1, -0.05) is 18.2 Å². The highest BCUT2D eigenvalue weighted by atomic mass is 32.2. The molecule has 0 bridgehead atoms. The van der Waals surface area contributed by atoms with Crippen LogP contribution in [0.15, 0.2) is 42.5 Å². The Balaban J connectivity index is 1.59. The average Bonchev–Trinajstić information content (AvgIpc) is 2.65. The van der Waals surface area contributed by atoms with E-state index in [1.165, 1.54) is 0 Å². The highest BCUT2D eigenvalue weighted by Crippen LogP contribution is 2.20. The van der Waals surface area contributed by atoms with Gasteiger partial charge in [0.05, 0.1) is 0 Å². The maximum atomic E-state index is 13.7. The second-order valence-electron chi connectivity index (χ2n) is 6.33. The second-order valence-corrected chi connectivity index (χ2v) is 7.55. The third-order valence-corrected chi connectivity index (χ3v) is 5.36. The van der Waals surface area contributed by atoms with Crippen LogP contribution in [0.25, 0.3) is 0 Å². The summed E-state index contributed by atoms with van der Waals surface area (Å²) < 4.78 is 26.9. The van der Waals surface area contributed by atoms with Crippen molar-refractivity contribution in [3.63, 3.8) is 0 Å². The Hall–Kier alpha value is -1.92. The Morgan fingerprint density at radius 1 is 1.08 bits per heavy atom. The number of benzene rings is 2. The van der Waals surface area contributed by atoms with Crippen molar-refractivity contribution in [3.8, 4) is 0 Å². The molecular formula is C20H22F2N2OS. The van der Waals surface area contributed by atoms with Crippen LogP contribution in [0, 0.1) is 11.6 Å². The number of hydrogen-bond donors (Lipinski definition) is 1. The van der Waals surface area contributed by atoms with Gasteiger partial charge in [-0.15, -0.1) is 0 Å². The summed E-state index contributed by atoms with van der Waals surface area (Å²) >= 11 is 1.96. The van der Waals surface area contributed by atoms with Crippen molar-refractivity contribution in [1.82, 2.24) is 4.90 Å². The third-order valence-electron chi connectivity index (χ3n) is 4.42. The molecule has 0 radical (unpaired) electrons. The number of nitrogens with zero attached hydrogens (tertiary/aromatic N) is 1. The van der Waals surface area contributed by atoms with E-state index in [-0.39, 0.29) is 24.3 Å². The van der Waals surface area contributed by atoms with Gasteiger partial charge in [0.25, 0.3) is 0 Å². The maximum absolute atomic E-state index is 13.7. The molecule has 6 heteroatoms. The Morgan fingerprint density at radius 3 is 2.65 bits per heavy atom. The number of nitrogens with one attached hydrogen (secondary N) is 1. The fourth-order valence-corrected chi connectivity index (χ4v) is 3.95. The van der Waals surface area contributed by atoms with E-state index in [9.17, 15) is 13.6 Å². The summed E-state index contributed by atoms with van der Waals surface area (Å²) in [5, 5.41) is 2.92. The monoisotopic (exact) mass is 376 g/mol. The molecule has 3 rings (SSSR count). The normalized spacial score (nSPS) is 15.0. The summed E-state index contributed by atoms with van der Waals surface area (Å²) in [6.07, 6.45) is 0.274. The Labute approximate surface area is 156 Å². The molecule has 26 heavy (non-hydrogen) atoms. The number of para-hydroxylation sites is 1. The zero-order valence-electron chi connectivity index (χ0n) is 14.5. The van der Waals surface area contributed by atoms with Crippen molar-refractivity contribution in [3.05, 3.63) is 65.2 Å². The summed E-state index contributed by atoms with van der Waals surface area (Å²) in [4.78, 5) is 14.7. The first-order valence-corrected chi connectivity index (χ1v) is 9.89. The van der Waals surface area contributed by atoms with Crippen molar-refractivity contribution in [2.24, 2.45) is 0 Å². The number of thioether (sulfide) groups is 1. The summed E-state index contributed by atoms with van der Waals surface area (Å²) in [5.41, 5.74) is 2.08. The number of anilines is 1. The van der Waals surface area contributed by atoms with E-state index in [4.69, 9.17) is 0 Å². The highest BCUT2D eigenvalue weighted by Gasteiger charge is 2.14. The molecule has 2 aromatic rings. The van der Waals surface area contributed by atoms with Gasteiger partial charge < -0.3 is 5.32 Å². The van der Waals surface area contributed by atoms with Crippen molar-refractivity contribution in [2.45, 2.75) is 19.4 Å². The number of carbonyl (C=O) groups excluding carboxylic acids is 1. The number of carbonyl (C=O) groups is 1. The van der Waals surface area contributed by atoms with Crippen LogP contribution >= 0.6 is 11.8 Å². The molecule has 1 aliphatic heterocycles. The number of halogens is 2. The summed E-state index contributed by atoms with van der Waals surface area (Å²) in [5.74, 6) is 1.09. The molecule has 0 unspecified atom stereocenters. The van der Waals surface area contributed by atoms with E-state index in [2.05, 4.69) is 10.2 Å². The minimum atomic E-state index is -0.494. The molecule has 138 valence electrons. The first-order chi connectivity index (χ1) is 12.6. The van der Waals surface area contributed by atoms with Gasteiger partial charge in [-0.25, -0.2) is 8.78 Å². The topological polar surface area (TPSA) is 32.3 Å². The molecule has 1 heterocycles. The van der Waals surface area contributed by atoms with Crippen molar-refractivity contribution >= 4 is 23.4 Å². The van der Waals surface area contributed by atoms with E-state index in [1.54, 1.807) is 0 Å². The van der Waals surface area contributed by atoms with Crippen molar-refractivity contribution in [1.29, 1.82) is 0 Å². The fraction of sp³-hybridized carbons (Fsp3) is 0.350. The molecule has 3 nitrogen and oxygen atoms in total. The van der Waals surface area contributed by atoms with Gasteiger partial charge in [0.15, 0.2) is 0 Å². The maximum Gasteiger partial charge on any atom is 0.224 e. The smallest absolute Gasteiger partial charge is 0.224 e. The summed E-state index contributed by atoms with van der Waals surface area (Å²) in [7, 11) is 0. The lowest BCUT2D eigenvalue weighted by molar-refractivity contribution is -0.116. The van der Waals surface area contributed by atoms with E-state index in [0.717, 1.165) is 60.6 Å². The number of hydrogen-bond acceptors (Lipinski definition) is 3. The largest absolute Gasteiger partial charge is 0.326 e. The molecule has 1 amide bonds. The standard InChI is InChI=1S/C20H22F2N2OS/c21-17-6-7-18(22)15(13-17)5-8-20(25)23-19-4-2-1-3-16(19)14-24-9-11-26-12-10-24/h1-4,6-7,13H,5,8-12,14H2,(H,23,25). The predicted molar refractivity (Wildman–Crippen MR) is 102 cm³/mol. The number of rotatable bonds is 6. The zero-order chi connectivity index (χ0) is 18.4. The Morgan fingerprint density at radius 2 is 1.85 bits per heavy atom. The summed E-state index contributed by atoms with van der Waals surface area (Å²) in [6.45, 7) is 2.90. The van der Waals surface area contributed by atoms with Crippen molar-refractivity contribution in [2.75, 3.05) is 29.9 Å². The lowest BCUT2D eigenvalue weighted by atomic mass is 10.1. The van der Waals surface area contributed by atoms with Crippen LogP contribution in [0.2, 0.25) is 0 Å². The lowest BCUT2D eigenvalue weighted by Gasteiger charge is -2.27. The van der Waals surface area contributed by atoms with Crippen molar-refractivity contribution < 1.29 is 13.6 Å². The fourth-order valence-electron chi connectivity index (χ4n) is 2.98. The molecule has 1 fully saturated rings. The van der Waals surface area contributed by atoms with Crippen LogP contribution in [0.1, 0.15) is 17.5 Å². The third kappa shape index (κ3) is 5.29.